The van der Waals surface area contributed by atoms with Crippen molar-refractivity contribution in [3.05, 3.63) is 41.7 Å². The zero-order valence-electron chi connectivity index (χ0n) is 12.3. The fraction of sp³-hybridized carbons (Fsp3) is 0.438. The highest BCUT2D eigenvalue weighted by Crippen LogP contribution is 2.30. The molecule has 2 aromatic rings. The zero-order valence-corrected chi connectivity index (χ0v) is 12.3. The van der Waals surface area contributed by atoms with Gasteiger partial charge >= 0.3 is 0 Å². The minimum atomic E-state index is 0.635. The predicted molar refractivity (Wildman–Crippen MR) is 80.7 cm³/mol. The monoisotopic (exact) mass is 287 g/mol. The van der Waals surface area contributed by atoms with E-state index >= 15 is 0 Å². The second-order valence-electron chi connectivity index (χ2n) is 5.04. The zero-order chi connectivity index (χ0) is 14.5. The first-order chi connectivity index (χ1) is 10.4. The molecule has 5 heteroatoms. The van der Waals surface area contributed by atoms with Gasteiger partial charge in [-0.15, -0.1) is 0 Å². The fourth-order valence-electron chi connectivity index (χ4n) is 2.49. The highest BCUT2D eigenvalue weighted by atomic mass is 16.6. The summed E-state index contributed by atoms with van der Waals surface area (Å²) in [5.74, 6) is 1.72. The summed E-state index contributed by atoms with van der Waals surface area (Å²) >= 11 is 0. The largest absolute Gasteiger partial charge is 0.486 e. The molecule has 21 heavy (non-hydrogen) atoms. The molecule has 0 unspecified atom stereocenters. The molecular formula is C16H21N3O2. The lowest BCUT2D eigenvalue weighted by molar-refractivity contribution is 0.171. The third kappa shape index (κ3) is 3.36. The van der Waals surface area contributed by atoms with Crippen molar-refractivity contribution in [2.75, 3.05) is 19.8 Å². The Balaban J connectivity index is 1.49. The van der Waals surface area contributed by atoms with Gasteiger partial charge in [-0.25, -0.2) is 0 Å². The van der Waals surface area contributed by atoms with Crippen LogP contribution in [-0.2, 0) is 19.5 Å². The molecule has 1 aliphatic heterocycles. The second kappa shape index (κ2) is 6.63. The minimum Gasteiger partial charge on any atom is -0.486 e. The Morgan fingerprint density at radius 1 is 1.19 bits per heavy atom. The molecule has 0 radical (unpaired) electrons. The Morgan fingerprint density at radius 3 is 2.90 bits per heavy atom. The van der Waals surface area contributed by atoms with Crippen LogP contribution in [0, 0.1) is 0 Å². The first-order valence-electron chi connectivity index (χ1n) is 7.46. The molecule has 0 atom stereocenters. The number of rotatable bonds is 6. The van der Waals surface area contributed by atoms with Gasteiger partial charge in [-0.3, -0.25) is 4.68 Å². The Morgan fingerprint density at radius 2 is 2.05 bits per heavy atom. The smallest absolute Gasteiger partial charge is 0.161 e. The van der Waals surface area contributed by atoms with Crippen LogP contribution in [0.5, 0.6) is 11.5 Å². The van der Waals surface area contributed by atoms with E-state index in [1.54, 1.807) is 0 Å². The number of aromatic nitrogens is 2. The van der Waals surface area contributed by atoms with E-state index in [0.717, 1.165) is 37.6 Å². The van der Waals surface area contributed by atoms with Gasteiger partial charge < -0.3 is 14.8 Å². The van der Waals surface area contributed by atoms with Crippen molar-refractivity contribution in [3.8, 4) is 11.5 Å². The van der Waals surface area contributed by atoms with Crippen molar-refractivity contribution in [1.82, 2.24) is 15.1 Å². The van der Waals surface area contributed by atoms with Gasteiger partial charge in [-0.1, -0.05) is 6.07 Å². The van der Waals surface area contributed by atoms with Crippen molar-refractivity contribution in [2.45, 2.75) is 26.4 Å². The minimum absolute atomic E-state index is 0.635. The average Bonchev–Trinajstić information content (AvgIpc) is 2.99. The first kappa shape index (κ1) is 13.9. The maximum atomic E-state index is 5.60. The Labute approximate surface area is 124 Å². The van der Waals surface area contributed by atoms with Gasteiger partial charge in [0.05, 0.1) is 5.69 Å². The molecule has 0 fully saturated rings. The molecule has 0 amide bonds. The van der Waals surface area contributed by atoms with Gasteiger partial charge in [-0.2, -0.15) is 5.10 Å². The second-order valence-corrected chi connectivity index (χ2v) is 5.04. The van der Waals surface area contributed by atoms with Crippen LogP contribution >= 0.6 is 0 Å². The van der Waals surface area contributed by atoms with Crippen LogP contribution in [-0.4, -0.2) is 29.5 Å². The Hall–Kier alpha value is -2.01. The van der Waals surface area contributed by atoms with Crippen LogP contribution in [0.25, 0.3) is 0 Å². The lowest BCUT2D eigenvalue weighted by Crippen LogP contribution is -2.19. The molecular weight excluding hydrogens is 266 g/mol. The lowest BCUT2D eigenvalue weighted by atomic mass is 10.1. The summed E-state index contributed by atoms with van der Waals surface area (Å²) < 4.78 is 13.1. The molecule has 1 aromatic carbocycles. The van der Waals surface area contributed by atoms with Crippen molar-refractivity contribution in [2.24, 2.45) is 0 Å². The van der Waals surface area contributed by atoms with Crippen molar-refractivity contribution in [1.29, 1.82) is 0 Å². The van der Waals surface area contributed by atoms with E-state index in [9.17, 15) is 0 Å². The van der Waals surface area contributed by atoms with E-state index in [1.165, 1.54) is 11.3 Å². The normalized spacial score (nSPS) is 13.4. The van der Waals surface area contributed by atoms with Gasteiger partial charge in [0.15, 0.2) is 11.5 Å². The standard InChI is InChI=1S/C16H21N3O2/c1-2-19-14(6-8-18-19)12-17-7-5-13-3-4-15-16(11-13)21-10-9-20-15/h3-4,6,8,11,17H,2,5,7,9-10,12H2,1H3. The molecule has 0 aliphatic carbocycles. The number of hydrogen-bond acceptors (Lipinski definition) is 4. The van der Waals surface area contributed by atoms with Crippen molar-refractivity contribution >= 4 is 0 Å². The Kier molecular flexibility index (Phi) is 4.40. The topological polar surface area (TPSA) is 48.3 Å². The van der Waals surface area contributed by atoms with Crippen LogP contribution in [0.15, 0.2) is 30.5 Å². The van der Waals surface area contributed by atoms with E-state index in [4.69, 9.17) is 9.47 Å². The molecule has 5 nitrogen and oxygen atoms in total. The molecule has 0 spiro atoms. The number of fused-ring (bicyclic) bond motifs is 1. The quantitative estimate of drug-likeness (QED) is 0.826. The highest BCUT2D eigenvalue weighted by molar-refractivity contribution is 5.43. The summed E-state index contributed by atoms with van der Waals surface area (Å²) in [5, 5.41) is 7.72. The van der Waals surface area contributed by atoms with Crippen LogP contribution in [0.1, 0.15) is 18.2 Å². The van der Waals surface area contributed by atoms with Gasteiger partial charge in [0.2, 0.25) is 0 Å². The molecule has 1 aliphatic rings. The summed E-state index contributed by atoms with van der Waals surface area (Å²) in [6.45, 7) is 6.06. The molecule has 2 heterocycles. The summed E-state index contributed by atoms with van der Waals surface area (Å²) in [6.07, 6.45) is 2.82. The van der Waals surface area contributed by atoms with Gasteiger partial charge in [0.25, 0.3) is 0 Å². The highest BCUT2D eigenvalue weighted by Gasteiger charge is 2.11. The van der Waals surface area contributed by atoms with E-state index in [1.807, 2.05) is 16.9 Å². The van der Waals surface area contributed by atoms with Crippen LogP contribution in [0.2, 0.25) is 0 Å². The third-order valence-corrected chi connectivity index (χ3v) is 3.61. The van der Waals surface area contributed by atoms with Crippen LogP contribution in [0.4, 0.5) is 0 Å². The van der Waals surface area contributed by atoms with Crippen LogP contribution in [0.3, 0.4) is 0 Å². The first-order valence-corrected chi connectivity index (χ1v) is 7.46. The number of nitrogens with one attached hydrogen (secondary N) is 1. The molecule has 1 aromatic heterocycles. The van der Waals surface area contributed by atoms with Gasteiger partial charge in [-0.05, 0) is 43.7 Å². The summed E-state index contributed by atoms with van der Waals surface area (Å²) in [4.78, 5) is 0. The lowest BCUT2D eigenvalue weighted by Gasteiger charge is -2.18. The number of aryl methyl sites for hydroxylation is 1. The summed E-state index contributed by atoms with van der Waals surface area (Å²) in [7, 11) is 0. The molecule has 112 valence electrons. The average molecular weight is 287 g/mol. The van der Waals surface area contributed by atoms with E-state index in [2.05, 4.69) is 35.5 Å². The Bertz CT molecular complexity index is 595. The number of ether oxygens (including phenoxy) is 2. The molecule has 0 bridgehead atoms. The van der Waals surface area contributed by atoms with Crippen LogP contribution < -0.4 is 14.8 Å². The van der Waals surface area contributed by atoms with Gasteiger partial charge in [0, 0.05) is 19.3 Å². The predicted octanol–water partition coefficient (Wildman–Crippen LogP) is 2.01. The summed E-state index contributed by atoms with van der Waals surface area (Å²) in [6, 6.07) is 8.23. The fourth-order valence-corrected chi connectivity index (χ4v) is 2.49. The molecule has 1 N–H and O–H groups in total. The number of hydrogen-bond donors (Lipinski definition) is 1. The van der Waals surface area contributed by atoms with E-state index < -0.39 is 0 Å². The van der Waals surface area contributed by atoms with E-state index in [-0.39, 0.29) is 0 Å². The van der Waals surface area contributed by atoms with Gasteiger partial charge in [0.1, 0.15) is 13.2 Å². The van der Waals surface area contributed by atoms with Crippen molar-refractivity contribution in [3.63, 3.8) is 0 Å². The molecule has 0 saturated carbocycles. The molecule has 0 saturated heterocycles. The summed E-state index contributed by atoms with van der Waals surface area (Å²) in [5.41, 5.74) is 2.48. The number of nitrogens with zero attached hydrogens (tertiary/aromatic N) is 2. The van der Waals surface area contributed by atoms with Crippen molar-refractivity contribution < 1.29 is 9.47 Å². The maximum Gasteiger partial charge on any atom is 0.161 e. The van der Waals surface area contributed by atoms with E-state index in [0.29, 0.717) is 13.2 Å². The number of benzene rings is 1. The molecule has 3 rings (SSSR count). The SMILES string of the molecule is CCn1nccc1CNCCc1ccc2c(c1)OCCO2. The maximum absolute atomic E-state index is 5.60. The third-order valence-electron chi connectivity index (χ3n) is 3.61.